The van der Waals surface area contributed by atoms with Gasteiger partial charge in [0.15, 0.2) is 0 Å². The summed E-state index contributed by atoms with van der Waals surface area (Å²) in [5.74, 6) is 0. The van der Waals surface area contributed by atoms with Crippen LogP contribution in [-0.2, 0) is 6.42 Å². The SMILES string of the molecule is CCCc1cccc(N2CCCNCC2)c1. The molecule has 2 rings (SSSR count). The van der Waals surface area contributed by atoms with Crippen molar-refractivity contribution in [2.75, 3.05) is 31.1 Å². The van der Waals surface area contributed by atoms with Gasteiger partial charge < -0.3 is 10.2 Å². The molecule has 1 fully saturated rings. The molecule has 2 nitrogen and oxygen atoms in total. The Labute approximate surface area is 98.7 Å². The van der Waals surface area contributed by atoms with E-state index in [1.807, 2.05) is 0 Å². The fraction of sp³-hybridized carbons (Fsp3) is 0.571. The van der Waals surface area contributed by atoms with Crippen molar-refractivity contribution in [2.45, 2.75) is 26.2 Å². The minimum atomic E-state index is 1.11. The van der Waals surface area contributed by atoms with Gasteiger partial charge >= 0.3 is 0 Å². The maximum Gasteiger partial charge on any atom is 0.0369 e. The second kappa shape index (κ2) is 5.90. The van der Waals surface area contributed by atoms with Crippen LogP contribution >= 0.6 is 0 Å². The molecule has 0 spiro atoms. The molecule has 0 bridgehead atoms. The van der Waals surface area contributed by atoms with Gasteiger partial charge in [0.25, 0.3) is 0 Å². The topological polar surface area (TPSA) is 15.3 Å². The van der Waals surface area contributed by atoms with Gasteiger partial charge in [-0.05, 0) is 37.1 Å². The number of hydrogen-bond donors (Lipinski definition) is 1. The maximum absolute atomic E-state index is 3.45. The van der Waals surface area contributed by atoms with Crippen LogP contribution in [0.15, 0.2) is 24.3 Å². The number of nitrogens with one attached hydrogen (secondary N) is 1. The highest BCUT2D eigenvalue weighted by Crippen LogP contribution is 2.17. The predicted molar refractivity (Wildman–Crippen MR) is 70.1 cm³/mol. The summed E-state index contributed by atoms with van der Waals surface area (Å²) in [6, 6.07) is 9.03. The lowest BCUT2D eigenvalue weighted by atomic mass is 10.1. The Morgan fingerprint density at radius 2 is 2.19 bits per heavy atom. The Kier molecular flexibility index (Phi) is 4.23. The minimum absolute atomic E-state index is 1.11. The Morgan fingerprint density at radius 3 is 3.06 bits per heavy atom. The molecule has 0 radical (unpaired) electrons. The molecule has 1 aliphatic heterocycles. The van der Waals surface area contributed by atoms with Crippen LogP contribution in [0.2, 0.25) is 0 Å². The third-order valence-electron chi connectivity index (χ3n) is 3.15. The lowest BCUT2D eigenvalue weighted by molar-refractivity contribution is 0.724. The summed E-state index contributed by atoms with van der Waals surface area (Å²) in [6.07, 6.45) is 3.67. The third kappa shape index (κ3) is 2.99. The number of benzene rings is 1. The molecular weight excluding hydrogens is 196 g/mol. The number of anilines is 1. The summed E-state index contributed by atoms with van der Waals surface area (Å²) >= 11 is 0. The van der Waals surface area contributed by atoms with Gasteiger partial charge in [0.1, 0.15) is 0 Å². The van der Waals surface area contributed by atoms with E-state index in [0.717, 1.165) is 19.6 Å². The van der Waals surface area contributed by atoms with E-state index in [1.54, 1.807) is 0 Å². The van der Waals surface area contributed by atoms with E-state index < -0.39 is 0 Å². The highest BCUT2D eigenvalue weighted by atomic mass is 15.2. The van der Waals surface area contributed by atoms with Crippen LogP contribution in [0.5, 0.6) is 0 Å². The van der Waals surface area contributed by atoms with Crippen LogP contribution in [0.1, 0.15) is 25.3 Å². The molecule has 0 amide bonds. The Morgan fingerprint density at radius 1 is 1.25 bits per heavy atom. The average Bonchev–Trinajstić information content (AvgIpc) is 2.58. The molecule has 0 saturated carbocycles. The first-order valence-corrected chi connectivity index (χ1v) is 6.45. The Hall–Kier alpha value is -1.02. The molecule has 2 heteroatoms. The van der Waals surface area contributed by atoms with Crippen LogP contribution in [0.25, 0.3) is 0 Å². The van der Waals surface area contributed by atoms with Crippen molar-refractivity contribution in [3.63, 3.8) is 0 Å². The van der Waals surface area contributed by atoms with E-state index in [4.69, 9.17) is 0 Å². The van der Waals surface area contributed by atoms with E-state index >= 15 is 0 Å². The number of nitrogens with zero attached hydrogens (tertiary/aromatic N) is 1. The van der Waals surface area contributed by atoms with Crippen molar-refractivity contribution in [1.29, 1.82) is 0 Å². The van der Waals surface area contributed by atoms with Gasteiger partial charge in [-0.15, -0.1) is 0 Å². The monoisotopic (exact) mass is 218 g/mol. The van der Waals surface area contributed by atoms with Crippen LogP contribution in [-0.4, -0.2) is 26.2 Å². The summed E-state index contributed by atoms with van der Waals surface area (Å²) in [5, 5.41) is 3.45. The molecule has 88 valence electrons. The standard InChI is InChI=1S/C14H22N2/c1-2-5-13-6-3-7-14(12-13)16-10-4-8-15-9-11-16/h3,6-7,12,15H,2,4-5,8-11H2,1H3. The molecule has 1 heterocycles. The summed E-state index contributed by atoms with van der Waals surface area (Å²) in [5.41, 5.74) is 2.87. The van der Waals surface area contributed by atoms with Crippen molar-refractivity contribution < 1.29 is 0 Å². The van der Waals surface area contributed by atoms with Gasteiger partial charge in [-0.2, -0.15) is 0 Å². The lowest BCUT2D eigenvalue weighted by Crippen LogP contribution is -2.27. The van der Waals surface area contributed by atoms with Gasteiger partial charge in [-0.1, -0.05) is 25.5 Å². The van der Waals surface area contributed by atoms with Gasteiger partial charge in [0, 0.05) is 25.3 Å². The summed E-state index contributed by atoms with van der Waals surface area (Å²) in [6.45, 7) is 6.82. The van der Waals surface area contributed by atoms with E-state index in [-0.39, 0.29) is 0 Å². The Bertz CT molecular complexity index is 314. The van der Waals surface area contributed by atoms with Crippen molar-refractivity contribution in [1.82, 2.24) is 5.32 Å². The summed E-state index contributed by atoms with van der Waals surface area (Å²) < 4.78 is 0. The first-order valence-electron chi connectivity index (χ1n) is 6.45. The van der Waals surface area contributed by atoms with Gasteiger partial charge in [-0.25, -0.2) is 0 Å². The number of rotatable bonds is 3. The largest absolute Gasteiger partial charge is 0.370 e. The van der Waals surface area contributed by atoms with E-state index in [2.05, 4.69) is 41.4 Å². The first-order chi connectivity index (χ1) is 7.90. The van der Waals surface area contributed by atoms with Crippen molar-refractivity contribution in [3.8, 4) is 0 Å². The smallest absolute Gasteiger partial charge is 0.0369 e. The van der Waals surface area contributed by atoms with Gasteiger partial charge in [0.2, 0.25) is 0 Å². The molecule has 0 atom stereocenters. The molecule has 0 aliphatic carbocycles. The third-order valence-corrected chi connectivity index (χ3v) is 3.15. The van der Waals surface area contributed by atoms with Crippen LogP contribution < -0.4 is 10.2 Å². The van der Waals surface area contributed by atoms with Crippen molar-refractivity contribution >= 4 is 5.69 Å². The maximum atomic E-state index is 3.45. The fourth-order valence-corrected chi connectivity index (χ4v) is 2.30. The van der Waals surface area contributed by atoms with Crippen LogP contribution in [0.3, 0.4) is 0 Å². The van der Waals surface area contributed by atoms with E-state index in [9.17, 15) is 0 Å². The normalized spacial score (nSPS) is 17.2. The lowest BCUT2D eigenvalue weighted by Gasteiger charge is -2.22. The average molecular weight is 218 g/mol. The fourth-order valence-electron chi connectivity index (χ4n) is 2.30. The zero-order valence-corrected chi connectivity index (χ0v) is 10.2. The molecule has 1 aromatic carbocycles. The van der Waals surface area contributed by atoms with Gasteiger partial charge in [-0.3, -0.25) is 0 Å². The Balaban J connectivity index is 2.08. The van der Waals surface area contributed by atoms with Gasteiger partial charge in [0.05, 0.1) is 0 Å². The number of aryl methyl sites for hydroxylation is 1. The highest BCUT2D eigenvalue weighted by Gasteiger charge is 2.09. The molecule has 16 heavy (non-hydrogen) atoms. The molecule has 1 N–H and O–H groups in total. The van der Waals surface area contributed by atoms with Crippen LogP contribution in [0, 0.1) is 0 Å². The predicted octanol–water partition coefficient (Wildman–Crippen LogP) is 2.44. The van der Waals surface area contributed by atoms with Crippen molar-refractivity contribution in [3.05, 3.63) is 29.8 Å². The summed E-state index contributed by atoms with van der Waals surface area (Å²) in [7, 11) is 0. The second-order valence-corrected chi connectivity index (χ2v) is 4.51. The molecule has 1 aromatic rings. The van der Waals surface area contributed by atoms with Crippen LogP contribution in [0.4, 0.5) is 5.69 Å². The molecule has 1 aliphatic rings. The summed E-state index contributed by atoms with van der Waals surface area (Å²) in [4.78, 5) is 2.50. The quantitative estimate of drug-likeness (QED) is 0.838. The molecule has 0 aromatic heterocycles. The number of hydrogen-bond acceptors (Lipinski definition) is 2. The molecular formula is C14H22N2. The zero-order chi connectivity index (χ0) is 11.2. The molecule has 0 unspecified atom stereocenters. The minimum Gasteiger partial charge on any atom is -0.370 e. The molecule has 1 saturated heterocycles. The van der Waals surface area contributed by atoms with E-state index in [0.29, 0.717) is 0 Å². The van der Waals surface area contributed by atoms with E-state index in [1.165, 1.54) is 37.1 Å². The zero-order valence-electron chi connectivity index (χ0n) is 10.2. The first kappa shape index (κ1) is 11.5. The highest BCUT2D eigenvalue weighted by molar-refractivity contribution is 5.48. The van der Waals surface area contributed by atoms with Crippen molar-refractivity contribution in [2.24, 2.45) is 0 Å². The second-order valence-electron chi connectivity index (χ2n) is 4.51.